The normalized spacial score (nSPS) is 10.2. The second kappa shape index (κ2) is 6.64. The van der Waals surface area contributed by atoms with Crippen LogP contribution in [0.2, 0.25) is 5.02 Å². The number of halogens is 2. The minimum Gasteiger partial charge on any atom is -0.469 e. The van der Waals surface area contributed by atoms with Crippen molar-refractivity contribution in [2.45, 2.75) is 6.42 Å². The molecule has 0 aliphatic rings. The SMILES string of the molecule is COC(=O)Cc1csc(NC(=O)c2ccc(Cl)cc2F)n1. The fraction of sp³-hybridized carbons (Fsp3) is 0.154. The molecule has 1 N–H and O–H groups in total. The molecule has 0 aliphatic heterocycles. The van der Waals surface area contributed by atoms with Crippen LogP contribution in [0.1, 0.15) is 16.1 Å². The number of nitrogens with zero attached hydrogens (tertiary/aromatic N) is 1. The first kappa shape index (κ1) is 15.4. The average Bonchev–Trinajstić information content (AvgIpc) is 2.85. The molecule has 21 heavy (non-hydrogen) atoms. The van der Waals surface area contributed by atoms with Crippen LogP contribution in [0.3, 0.4) is 0 Å². The number of hydrogen-bond acceptors (Lipinski definition) is 5. The summed E-state index contributed by atoms with van der Waals surface area (Å²) in [6.45, 7) is 0. The van der Waals surface area contributed by atoms with E-state index in [1.807, 2.05) is 0 Å². The number of aromatic nitrogens is 1. The van der Waals surface area contributed by atoms with E-state index in [1.165, 1.54) is 19.2 Å². The van der Waals surface area contributed by atoms with Crippen LogP contribution in [0.15, 0.2) is 23.6 Å². The Kier molecular flexibility index (Phi) is 4.87. The Morgan fingerprint density at radius 2 is 2.24 bits per heavy atom. The first-order valence-electron chi connectivity index (χ1n) is 5.77. The van der Waals surface area contributed by atoms with E-state index < -0.39 is 17.7 Å². The first-order chi connectivity index (χ1) is 9.99. The average molecular weight is 329 g/mol. The monoisotopic (exact) mass is 328 g/mol. The lowest BCUT2D eigenvalue weighted by molar-refractivity contribution is -0.139. The Morgan fingerprint density at radius 1 is 1.48 bits per heavy atom. The van der Waals surface area contributed by atoms with E-state index in [4.69, 9.17) is 11.6 Å². The molecular formula is C13H10ClFN2O3S. The maximum Gasteiger partial charge on any atom is 0.311 e. The minimum atomic E-state index is -0.716. The third-order valence-electron chi connectivity index (χ3n) is 2.50. The highest BCUT2D eigenvalue weighted by molar-refractivity contribution is 7.14. The van der Waals surface area contributed by atoms with E-state index in [9.17, 15) is 14.0 Å². The molecule has 0 saturated carbocycles. The van der Waals surface area contributed by atoms with Crippen molar-refractivity contribution >= 4 is 39.9 Å². The molecule has 0 atom stereocenters. The first-order valence-corrected chi connectivity index (χ1v) is 7.03. The van der Waals surface area contributed by atoms with E-state index >= 15 is 0 Å². The summed E-state index contributed by atoms with van der Waals surface area (Å²) in [7, 11) is 1.28. The molecule has 0 radical (unpaired) electrons. The number of nitrogens with one attached hydrogen (secondary N) is 1. The second-order valence-electron chi connectivity index (χ2n) is 3.98. The molecular weight excluding hydrogens is 319 g/mol. The molecule has 0 aliphatic carbocycles. The van der Waals surface area contributed by atoms with Gasteiger partial charge in [0.15, 0.2) is 5.13 Å². The number of carbonyl (C=O) groups excluding carboxylic acids is 2. The van der Waals surface area contributed by atoms with Gasteiger partial charge in [-0.2, -0.15) is 0 Å². The largest absolute Gasteiger partial charge is 0.469 e. The zero-order valence-electron chi connectivity index (χ0n) is 10.9. The number of amides is 1. The van der Waals surface area contributed by atoms with Gasteiger partial charge in [-0.05, 0) is 18.2 Å². The van der Waals surface area contributed by atoms with Crippen molar-refractivity contribution in [1.82, 2.24) is 4.98 Å². The Balaban J connectivity index is 2.07. The van der Waals surface area contributed by atoms with Crippen LogP contribution >= 0.6 is 22.9 Å². The van der Waals surface area contributed by atoms with Crippen LogP contribution in [0.5, 0.6) is 0 Å². The number of anilines is 1. The van der Waals surface area contributed by atoms with Crippen LogP contribution in [-0.4, -0.2) is 24.0 Å². The lowest BCUT2D eigenvalue weighted by atomic mass is 10.2. The summed E-state index contributed by atoms with van der Waals surface area (Å²) < 4.78 is 18.1. The fourth-order valence-electron chi connectivity index (χ4n) is 1.50. The molecule has 5 nitrogen and oxygen atoms in total. The summed E-state index contributed by atoms with van der Waals surface area (Å²) in [5, 5.41) is 4.56. The molecule has 1 aromatic carbocycles. The highest BCUT2D eigenvalue weighted by atomic mass is 35.5. The third-order valence-corrected chi connectivity index (χ3v) is 3.54. The highest BCUT2D eigenvalue weighted by Gasteiger charge is 2.14. The van der Waals surface area contributed by atoms with Crippen LogP contribution < -0.4 is 5.32 Å². The van der Waals surface area contributed by atoms with E-state index in [-0.39, 0.29) is 22.1 Å². The number of benzene rings is 1. The molecule has 0 saturated heterocycles. The maximum absolute atomic E-state index is 13.6. The summed E-state index contributed by atoms with van der Waals surface area (Å²) >= 11 is 6.76. The van der Waals surface area contributed by atoms with Gasteiger partial charge in [-0.25, -0.2) is 9.37 Å². The summed E-state index contributed by atoms with van der Waals surface area (Å²) in [4.78, 5) is 27.1. The molecule has 2 aromatic rings. The van der Waals surface area contributed by atoms with E-state index in [1.54, 1.807) is 5.38 Å². The van der Waals surface area contributed by atoms with Crippen molar-refractivity contribution in [2.75, 3.05) is 12.4 Å². The van der Waals surface area contributed by atoms with Gasteiger partial charge in [0, 0.05) is 10.4 Å². The molecule has 0 fully saturated rings. The van der Waals surface area contributed by atoms with Gasteiger partial charge < -0.3 is 4.74 Å². The quantitative estimate of drug-likeness (QED) is 0.876. The molecule has 0 bridgehead atoms. The summed E-state index contributed by atoms with van der Waals surface area (Å²) in [5.41, 5.74) is 0.336. The number of carbonyl (C=O) groups is 2. The van der Waals surface area contributed by atoms with Crippen molar-refractivity contribution in [3.05, 3.63) is 45.7 Å². The zero-order valence-corrected chi connectivity index (χ0v) is 12.4. The van der Waals surface area contributed by atoms with Crippen LogP contribution in [0.4, 0.5) is 9.52 Å². The lowest BCUT2D eigenvalue weighted by Crippen LogP contribution is -2.13. The molecule has 2 rings (SSSR count). The molecule has 110 valence electrons. The van der Waals surface area contributed by atoms with Gasteiger partial charge in [0.05, 0.1) is 24.8 Å². The minimum absolute atomic E-state index is 0.0121. The van der Waals surface area contributed by atoms with Crippen LogP contribution in [0.25, 0.3) is 0 Å². The maximum atomic E-state index is 13.6. The number of ether oxygens (including phenoxy) is 1. The topological polar surface area (TPSA) is 68.3 Å². The van der Waals surface area contributed by atoms with Gasteiger partial charge in [0.1, 0.15) is 5.82 Å². The Morgan fingerprint density at radius 3 is 2.90 bits per heavy atom. The zero-order chi connectivity index (χ0) is 15.4. The van der Waals surface area contributed by atoms with E-state index in [0.29, 0.717) is 5.69 Å². The summed E-state index contributed by atoms with van der Waals surface area (Å²) in [6.07, 6.45) is 0.0121. The van der Waals surface area contributed by atoms with E-state index in [0.717, 1.165) is 17.4 Å². The number of methoxy groups -OCH3 is 1. The summed E-state index contributed by atoms with van der Waals surface area (Å²) in [5.74, 6) is -1.78. The predicted molar refractivity (Wildman–Crippen MR) is 77.2 cm³/mol. The lowest BCUT2D eigenvalue weighted by Gasteiger charge is -2.03. The van der Waals surface area contributed by atoms with Gasteiger partial charge in [0.25, 0.3) is 5.91 Å². The molecule has 1 amide bonds. The Bertz CT molecular complexity index is 690. The number of rotatable bonds is 4. The number of thiazole rings is 1. The van der Waals surface area contributed by atoms with Crippen molar-refractivity contribution < 1.29 is 18.7 Å². The van der Waals surface area contributed by atoms with Crippen LogP contribution in [-0.2, 0) is 16.0 Å². The van der Waals surface area contributed by atoms with Gasteiger partial charge in [-0.15, -0.1) is 11.3 Å². The molecule has 8 heteroatoms. The van der Waals surface area contributed by atoms with Crippen molar-refractivity contribution in [2.24, 2.45) is 0 Å². The molecule has 1 aromatic heterocycles. The Labute approximate surface area is 128 Å². The van der Waals surface area contributed by atoms with Crippen molar-refractivity contribution in [3.8, 4) is 0 Å². The fourth-order valence-corrected chi connectivity index (χ4v) is 2.37. The molecule has 1 heterocycles. The predicted octanol–water partition coefficient (Wildman–Crippen LogP) is 2.90. The third kappa shape index (κ3) is 3.99. The van der Waals surface area contributed by atoms with Crippen molar-refractivity contribution in [3.63, 3.8) is 0 Å². The molecule has 0 unspecified atom stereocenters. The number of esters is 1. The standard InChI is InChI=1S/C13H10ClFN2O3S/c1-20-11(18)5-8-6-21-13(16-8)17-12(19)9-3-2-7(14)4-10(9)15/h2-4,6H,5H2,1H3,(H,16,17,19). The van der Waals surface area contributed by atoms with Gasteiger partial charge in [-0.1, -0.05) is 11.6 Å². The highest BCUT2D eigenvalue weighted by Crippen LogP contribution is 2.19. The van der Waals surface area contributed by atoms with Crippen molar-refractivity contribution in [1.29, 1.82) is 0 Å². The number of hydrogen-bond donors (Lipinski definition) is 1. The van der Waals surface area contributed by atoms with E-state index in [2.05, 4.69) is 15.0 Å². The van der Waals surface area contributed by atoms with Gasteiger partial charge in [-0.3, -0.25) is 14.9 Å². The smallest absolute Gasteiger partial charge is 0.311 e. The summed E-state index contributed by atoms with van der Waals surface area (Å²) in [6, 6.07) is 3.76. The van der Waals surface area contributed by atoms with Gasteiger partial charge >= 0.3 is 5.97 Å². The van der Waals surface area contributed by atoms with Gasteiger partial charge in [0.2, 0.25) is 0 Å². The second-order valence-corrected chi connectivity index (χ2v) is 5.27. The molecule has 0 spiro atoms. The van der Waals surface area contributed by atoms with Crippen LogP contribution in [0, 0.1) is 5.82 Å². The Hall–Kier alpha value is -1.99.